The van der Waals surface area contributed by atoms with Gasteiger partial charge < -0.3 is 15.5 Å². The molecule has 1 saturated heterocycles. The number of amides is 2. The molecule has 21 heavy (non-hydrogen) atoms. The fourth-order valence-electron chi connectivity index (χ4n) is 2.34. The number of benzene rings is 1. The molecule has 1 fully saturated rings. The summed E-state index contributed by atoms with van der Waals surface area (Å²) in [5.41, 5.74) is 0.895. The number of hydrogen-bond acceptors (Lipinski definition) is 3. The molecule has 0 aliphatic carbocycles. The first kappa shape index (κ1) is 15.8. The van der Waals surface area contributed by atoms with Crippen molar-refractivity contribution in [3.8, 4) is 0 Å². The Labute approximate surface area is 129 Å². The van der Waals surface area contributed by atoms with Crippen molar-refractivity contribution in [2.75, 3.05) is 26.0 Å². The Morgan fingerprint density at radius 2 is 2.10 bits per heavy atom. The molecule has 6 heteroatoms. The standard InChI is InChI=1S/C15H20ClN3O2/c1-19(2)15(21)11-7-6-10(16)9-13(11)18-14(20)12-5-3-4-8-17-12/h6-7,9,12,17H,3-5,8H2,1-2H3,(H,18,20). The van der Waals surface area contributed by atoms with Crippen molar-refractivity contribution in [3.63, 3.8) is 0 Å². The lowest BCUT2D eigenvalue weighted by atomic mass is 10.0. The molecule has 1 aromatic rings. The molecule has 1 unspecified atom stereocenters. The first-order valence-corrected chi connectivity index (χ1v) is 7.42. The molecule has 1 heterocycles. The molecule has 5 nitrogen and oxygen atoms in total. The van der Waals surface area contributed by atoms with Crippen molar-refractivity contribution < 1.29 is 9.59 Å². The molecule has 0 aromatic heterocycles. The van der Waals surface area contributed by atoms with Crippen LogP contribution in [0.15, 0.2) is 18.2 Å². The van der Waals surface area contributed by atoms with E-state index in [-0.39, 0.29) is 17.9 Å². The average Bonchev–Trinajstić information content (AvgIpc) is 2.47. The van der Waals surface area contributed by atoms with Crippen molar-refractivity contribution in [2.45, 2.75) is 25.3 Å². The summed E-state index contributed by atoms with van der Waals surface area (Å²) in [5, 5.41) is 6.49. The molecule has 1 aliphatic heterocycles. The molecule has 1 aromatic carbocycles. The van der Waals surface area contributed by atoms with E-state index in [4.69, 9.17) is 11.6 Å². The number of rotatable bonds is 3. The average molecular weight is 310 g/mol. The number of anilines is 1. The fraction of sp³-hybridized carbons (Fsp3) is 0.467. The largest absolute Gasteiger partial charge is 0.345 e. The zero-order valence-corrected chi connectivity index (χ0v) is 13.0. The van der Waals surface area contributed by atoms with Crippen LogP contribution in [0.2, 0.25) is 5.02 Å². The SMILES string of the molecule is CN(C)C(=O)c1ccc(Cl)cc1NC(=O)C1CCCCN1. The Hall–Kier alpha value is -1.59. The summed E-state index contributed by atoms with van der Waals surface area (Å²) in [4.78, 5) is 25.9. The minimum Gasteiger partial charge on any atom is -0.345 e. The number of nitrogens with zero attached hydrogens (tertiary/aromatic N) is 1. The van der Waals surface area contributed by atoms with Crippen LogP contribution in [0.5, 0.6) is 0 Å². The number of piperidine rings is 1. The Bertz CT molecular complexity index is 540. The Morgan fingerprint density at radius 1 is 1.33 bits per heavy atom. The molecule has 0 saturated carbocycles. The summed E-state index contributed by atoms with van der Waals surface area (Å²) >= 11 is 5.98. The van der Waals surface area contributed by atoms with E-state index in [1.807, 2.05) is 0 Å². The molecular weight excluding hydrogens is 290 g/mol. The van der Waals surface area contributed by atoms with Crippen molar-refractivity contribution in [1.29, 1.82) is 0 Å². The molecular formula is C15H20ClN3O2. The van der Waals surface area contributed by atoms with Gasteiger partial charge in [-0.2, -0.15) is 0 Å². The summed E-state index contributed by atoms with van der Waals surface area (Å²) in [5.74, 6) is -0.289. The quantitative estimate of drug-likeness (QED) is 0.899. The topological polar surface area (TPSA) is 61.4 Å². The number of carbonyl (C=O) groups excluding carboxylic acids is 2. The molecule has 0 bridgehead atoms. The van der Waals surface area contributed by atoms with Gasteiger partial charge in [-0.1, -0.05) is 18.0 Å². The van der Waals surface area contributed by atoms with Crippen LogP contribution in [0.25, 0.3) is 0 Å². The lowest BCUT2D eigenvalue weighted by molar-refractivity contribution is -0.118. The predicted molar refractivity (Wildman–Crippen MR) is 83.7 cm³/mol. The van der Waals surface area contributed by atoms with E-state index < -0.39 is 0 Å². The zero-order valence-electron chi connectivity index (χ0n) is 12.3. The monoisotopic (exact) mass is 309 g/mol. The summed E-state index contributed by atoms with van der Waals surface area (Å²) in [6.07, 6.45) is 2.93. The fourth-order valence-corrected chi connectivity index (χ4v) is 2.51. The van der Waals surface area contributed by atoms with Crippen LogP contribution in [0.4, 0.5) is 5.69 Å². The van der Waals surface area contributed by atoms with Crippen molar-refractivity contribution in [1.82, 2.24) is 10.2 Å². The van der Waals surface area contributed by atoms with Crippen molar-refractivity contribution in [3.05, 3.63) is 28.8 Å². The smallest absolute Gasteiger partial charge is 0.255 e. The first-order chi connectivity index (χ1) is 9.99. The maximum absolute atomic E-state index is 12.3. The van der Waals surface area contributed by atoms with Crippen LogP contribution in [0.3, 0.4) is 0 Å². The van der Waals surface area contributed by atoms with Gasteiger partial charge in [0, 0.05) is 19.1 Å². The maximum Gasteiger partial charge on any atom is 0.255 e. The number of halogens is 1. The van der Waals surface area contributed by atoms with Gasteiger partial charge in [-0.05, 0) is 37.6 Å². The molecule has 114 valence electrons. The number of hydrogen-bond donors (Lipinski definition) is 2. The van der Waals surface area contributed by atoms with Crippen LogP contribution >= 0.6 is 11.6 Å². The molecule has 2 N–H and O–H groups in total. The van der Waals surface area contributed by atoms with Gasteiger partial charge in [0.2, 0.25) is 5.91 Å². The molecule has 2 amide bonds. The second-order valence-electron chi connectivity index (χ2n) is 5.38. The van der Waals surface area contributed by atoms with Gasteiger partial charge >= 0.3 is 0 Å². The van der Waals surface area contributed by atoms with Crippen LogP contribution in [0, 0.1) is 0 Å². The highest BCUT2D eigenvalue weighted by Gasteiger charge is 2.22. The van der Waals surface area contributed by atoms with E-state index in [1.54, 1.807) is 32.3 Å². The minimum atomic E-state index is -0.208. The summed E-state index contributed by atoms with van der Waals surface area (Å²) in [7, 11) is 3.34. The third-order valence-electron chi connectivity index (χ3n) is 3.50. The third-order valence-corrected chi connectivity index (χ3v) is 3.74. The van der Waals surface area contributed by atoms with Crippen LogP contribution < -0.4 is 10.6 Å². The van der Waals surface area contributed by atoms with E-state index in [0.29, 0.717) is 16.3 Å². The van der Waals surface area contributed by atoms with E-state index in [0.717, 1.165) is 25.8 Å². The Morgan fingerprint density at radius 3 is 2.71 bits per heavy atom. The van der Waals surface area contributed by atoms with E-state index in [9.17, 15) is 9.59 Å². The van der Waals surface area contributed by atoms with E-state index >= 15 is 0 Å². The zero-order chi connectivity index (χ0) is 15.4. The van der Waals surface area contributed by atoms with E-state index in [2.05, 4.69) is 10.6 Å². The van der Waals surface area contributed by atoms with Crippen molar-refractivity contribution >= 4 is 29.1 Å². The lowest BCUT2D eigenvalue weighted by Gasteiger charge is -2.23. The lowest BCUT2D eigenvalue weighted by Crippen LogP contribution is -2.43. The second-order valence-corrected chi connectivity index (χ2v) is 5.82. The maximum atomic E-state index is 12.3. The minimum absolute atomic E-state index is 0.121. The van der Waals surface area contributed by atoms with Gasteiger partial charge in [-0.25, -0.2) is 0 Å². The Balaban J connectivity index is 2.19. The molecule has 0 spiro atoms. The third kappa shape index (κ3) is 3.95. The highest BCUT2D eigenvalue weighted by atomic mass is 35.5. The number of carbonyl (C=O) groups is 2. The van der Waals surface area contributed by atoms with Gasteiger partial charge in [0.05, 0.1) is 17.3 Å². The summed E-state index contributed by atoms with van der Waals surface area (Å²) in [6.45, 7) is 0.844. The van der Waals surface area contributed by atoms with E-state index in [1.165, 1.54) is 4.90 Å². The van der Waals surface area contributed by atoms with Gasteiger partial charge in [-0.3, -0.25) is 9.59 Å². The first-order valence-electron chi connectivity index (χ1n) is 7.04. The van der Waals surface area contributed by atoms with Crippen LogP contribution in [0.1, 0.15) is 29.6 Å². The van der Waals surface area contributed by atoms with Crippen LogP contribution in [-0.4, -0.2) is 43.4 Å². The molecule has 1 aliphatic rings. The molecule has 2 rings (SSSR count). The summed E-state index contributed by atoms with van der Waals surface area (Å²) in [6, 6.07) is 4.68. The van der Waals surface area contributed by atoms with Gasteiger partial charge in [-0.15, -0.1) is 0 Å². The van der Waals surface area contributed by atoms with Gasteiger partial charge in [0.1, 0.15) is 0 Å². The normalized spacial score (nSPS) is 18.1. The number of nitrogens with one attached hydrogen (secondary N) is 2. The summed E-state index contributed by atoms with van der Waals surface area (Å²) < 4.78 is 0. The van der Waals surface area contributed by atoms with Crippen molar-refractivity contribution in [2.24, 2.45) is 0 Å². The highest BCUT2D eigenvalue weighted by molar-refractivity contribution is 6.31. The molecule has 0 radical (unpaired) electrons. The second kappa shape index (κ2) is 6.91. The van der Waals surface area contributed by atoms with Crippen LogP contribution in [-0.2, 0) is 4.79 Å². The predicted octanol–water partition coefficient (Wildman–Crippen LogP) is 2.12. The highest BCUT2D eigenvalue weighted by Crippen LogP contribution is 2.23. The van der Waals surface area contributed by atoms with Gasteiger partial charge in [0.15, 0.2) is 0 Å². The van der Waals surface area contributed by atoms with Gasteiger partial charge in [0.25, 0.3) is 5.91 Å². The Kier molecular flexibility index (Phi) is 5.20. The molecule has 1 atom stereocenters.